The van der Waals surface area contributed by atoms with E-state index in [0.717, 1.165) is 15.6 Å². The van der Waals surface area contributed by atoms with Crippen molar-refractivity contribution in [3.63, 3.8) is 0 Å². The third-order valence-corrected chi connectivity index (χ3v) is 5.00. The molecule has 1 atom stereocenters. The first-order chi connectivity index (χ1) is 12.1. The Morgan fingerprint density at radius 3 is 2.69 bits per heavy atom. The van der Waals surface area contributed by atoms with Gasteiger partial charge in [0.25, 0.3) is 5.56 Å². The Labute approximate surface area is 154 Å². The monoisotopic (exact) mass is 401 g/mol. The summed E-state index contributed by atoms with van der Waals surface area (Å²) in [6, 6.07) is 4.01. The molecule has 0 fully saturated rings. The molecule has 0 saturated carbocycles. The third-order valence-electron chi connectivity index (χ3n) is 3.72. The first-order valence-corrected chi connectivity index (χ1v) is 8.53. The predicted octanol–water partition coefficient (Wildman–Crippen LogP) is 3.61. The van der Waals surface area contributed by atoms with Gasteiger partial charge in [0.15, 0.2) is 10.7 Å². The van der Waals surface area contributed by atoms with Crippen molar-refractivity contribution in [2.45, 2.75) is 32.5 Å². The molecule has 0 radical (unpaired) electrons. The van der Waals surface area contributed by atoms with Gasteiger partial charge in [0.05, 0.1) is 29.9 Å². The van der Waals surface area contributed by atoms with Gasteiger partial charge in [0.1, 0.15) is 5.15 Å². The van der Waals surface area contributed by atoms with E-state index in [1.165, 1.54) is 21.8 Å². The standard InChI is InChI=1S/C15H11ClF3N5OS/c1-7(5-20)13-8(2)26-14-21-9(3-12(25)24(13)14)6-23-11(16)4-10(22-23)15(17,18)19/h3-4,7H,6H2,1-2H3. The van der Waals surface area contributed by atoms with Gasteiger partial charge >= 0.3 is 6.18 Å². The summed E-state index contributed by atoms with van der Waals surface area (Å²) in [5, 5.41) is 12.3. The normalized spacial score (nSPS) is 13.1. The topological polar surface area (TPSA) is 76.0 Å². The quantitative estimate of drug-likeness (QED) is 0.671. The fourth-order valence-corrected chi connectivity index (χ4v) is 3.87. The average molecular weight is 402 g/mol. The summed E-state index contributed by atoms with van der Waals surface area (Å²) < 4.78 is 40.4. The molecule has 26 heavy (non-hydrogen) atoms. The summed E-state index contributed by atoms with van der Waals surface area (Å²) >= 11 is 7.04. The molecule has 0 aromatic carbocycles. The molecule has 0 aliphatic rings. The number of nitrogens with zero attached hydrogens (tertiary/aromatic N) is 5. The van der Waals surface area contributed by atoms with Gasteiger partial charge in [-0.2, -0.15) is 23.5 Å². The van der Waals surface area contributed by atoms with Crippen LogP contribution in [0, 0.1) is 18.3 Å². The van der Waals surface area contributed by atoms with Crippen LogP contribution in [-0.4, -0.2) is 19.2 Å². The van der Waals surface area contributed by atoms with Gasteiger partial charge in [-0.25, -0.2) is 9.67 Å². The minimum Gasteiger partial charge on any atom is -0.269 e. The van der Waals surface area contributed by atoms with E-state index in [2.05, 4.69) is 16.2 Å². The molecule has 0 N–H and O–H groups in total. The van der Waals surface area contributed by atoms with Crippen LogP contribution in [0.1, 0.15) is 34.8 Å². The zero-order chi connectivity index (χ0) is 19.2. The molecule has 3 aromatic rings. The Morgan fingerprint density at radius 2 is 2.12 bits per heavy atom. The molecule has 0 saturated heterocycles. The van der Waals surface area contributed by atoms with E-state index in [1.54, 1.807) is 13.8 Å². The summed E-state index contributed by atoms with van der Waals surface area (Å²) in [5.41, 5.74) is -0.734. The van der Waals surface area contributed by atoms with Crippen molar-refractivity contribution in [3.8, 4) is 6.07 Å². The van der Waals surface area contributed by atoms with Gasteiger partial charge in [-0.3, -0.25) is 9.20 Å². The van der Waals surface area contributed by atoms with Gasteiger partial charge in [0, 0.05) is 17.0 Å². The second kappa shape index (κ2) is 6.41. The number of fused-ring (bicyclic) bond motifs is 1. The van der Waals surface area contributed by atoms with Crippen LogP contribution >= 0.6 is 22.9 Å². The largest absolute Gasteiger partial charge is 0.435 e. The smallest absolute Gasteiger partial charge is 0.269 e. The van der Waals surface area contributed by atoms with Crippen molar-refractivity contribution >= 4 is 27.9 Å². The maximum absolute atomic E-state index is 12.7. The minimum atomic E-state index is -4.61. The maximum Gasteiger partial charge on any atom is 0.435 e. The zero-order valence-corrected chi connectivity index (χ0v) is 15.1. The summed E-state index contributed by atoms with van der Waals surface area (Å²) in [6.07, 6.45) is -4.61. The van der Waals surface area contributed by atoms with Gasteiger partial charge in [-0.1, -0.05) is 11.6 Å². The highest BCUT2D eigenvalue weighted by Gasteiger charge is 2.34. The van der Waals surface area contributed by atoms with Gasteiger partial charge < -0.3 is 0 Å². The molecule has 3 aromatic heterocycles. The molecule has 136 valence electrons. The van der Waals surface area contributed by atoms with Crippen LogP contribution in [0.3, 0.4) is 0 Å². The van der Waals surface area contributed by atoms with E-state index >= 15 is 0 Å². The minimum absolute atomic E-state index is 0.180. The van der Waals surface area contributed by atoms with Crippen LogP contribution in [0.15, 0.2) is 16.9 Å². The highest BCUT2D eigenvalue weighted by atomic mass is 35.5. The number of rotatable bonds is 3. The fourth-order valence-electron chi connectivity index (χ4n) is 2.58. The van der Waals surface area contributed by atoms with E-state index in [9.17, 15) is 18.0 Å². The van der Waals surface area contributed by atoms with E-state index in [1.807, 2.05) is 0 Å². The number of hydrogen-bond donors (Lipinski definition) is 0. The van der Waals surface area contributed by atoms with Crippen molar-refractivity contribution in [1.82, 2.24) is 19.2 Å². The lowest BCUT2D eigenvalue weighted by Gasteiger charge is -2.06. The highest BCUT2D eigenvalue weighted by Crippen LogP contribution is 2.30. The first-order valence-electron chi connectivity index (χ1n) is 7.34. The Kier molecular flexibility index (Phi) is 4.54. The second-order valence-corrected chi connectivity index (χ2v) is 7.17. The van der Waals surface area contributed by atoms with Crippen LogP contribution in [-0.2, 0) is 12.7 Å². The Morgan fingerprint density at radius 1 is 1.42 bits per heavy atom. The number of nitriles is 1. The zero-order valence-electron chi connectivity index (χ0n) is 13.5. The molecule has 6 nitrogen and oxygen atoms in total. The number of aromatic nitrogens is 4. The van der Waals surface area contributed by atoms with Gasteiger partial charge in [-0.15, -0.1) is 11.3 Å². The van der Waals surface area contributed by atoms with E-state index < -0.39 is 23.3 Å². The molecular weight excluding hydrogens is 391 g/mol. The van der Waals surface area contributed by atoms with Crippen molar-refractivity contribution in [2.24, 2.45) is 0 Å². The molecule has 3 rings (SSSR count). The lowest BCUT2D eigenvalue weighted by atomic mass is 10.1. The van der Waals surface area contributed by atoms with Gasteiger partial charge in [-0.05, 0) is 13.8 Å². The molecule has 1 unspecified atom stereocenters. The molecule has 0 aliphatic heterocycles. The van der Waals surface area contributed by atoms with E-state index in [0.29, 0.717) is 10.7 Å². The van der Waals surface area contributed by atoms with Crippen molar-refractivity contribution in [1.29, 1.82) is 5.26 Å². The second-order valence-electron chi connectivity index (χ2n) is 5.61. The molecule has 3 heterocycles. The number of alkyl halides is 3. The summed E-state index contributed by atoms with van der Waals surface area (Å²) in [4.78, 5) is 17.9. The van der Waals surface area contributed by atoms with Crippen molar-refractivity contribution in [2.75, 3.05) is 0 Å². The van der Waals surface area contributed by atoms with Crippen LogP contribution in [0.25, 0.3) is 4.96 Å². The van der Waals surface area contributed by atoms with E-state index in [-0.39, 0.29) is 17.4 Å². The SMILES string of the molecule is Cc1sc2nc(Cn3nc(C(F)(F)F)cc3Cl)cc(=O)n2c1C(C)C#N. The number of aryl methyl sites for hydroxylation is 1. The molecule has 0 spiro atoms. The lowest BCUT2D eigenvalue weighted by molar-refractivity contribution is -0.141. The predicted molar refractivity (Wildman–Crippen MR) is 89.4 cm³/mol. The first kappa shape index (κ1) is 18.4. The third kappa shape index (κ3) is 3.20. The molecular formula is C15H11ClF3N5OS. The van der Waals surface area contributed by atoms with Crippen LogP contribution in [0.2, 0.25) is 5.15 Å². The number of halogens is 4. The van der Waals surface area contributed by atoms with Crippen LogP contribution in [0.5, 0.6) is 0 Å². The Balaban J connectivity index is 2.05. The van der Waals surface area contributed by atoms with Crippen LogP contribution in [0.4, 0.5) is 13.2 Å². The van der Waals surface area contributed by atoms with E-state index in [4.69, 9.17) is 16.9 Å². The molecule has 0 aliphatic carbocycles. The average Bonchev–Trinajstić information content (AvgIpc) is 3.07. The molecule has 11 heteroatoms. The molecule has 0 amide bonds. The van der Waals surface area contributed by atoms with Crippen molar-refractivity contribution in [3.05, 3.63) is 49.6 Å². The lowest BCUT2D eigenvalue weighted by Crippen LogP contribution is -2.19. The summed E-state index contributed by atoms with van der Waals surface area (Å²) in [5.74, 6) is -0.496. The number of hydrogen-bond acceptors (Lipinski definition) is 5. The van der Waals surface area contributed by atoms with Crippen molar-refractivity contribution < 1.29 is 13.2 Å². The maximum atomic E-state index is 12.7. The van der Waals surface area contributed by atoms with Gasteiger partial charge in [0.2, 0.25) is 0 Å². The Bertz CT molecular complexity index is 1090. The summed E-state index contributed by atoms with van der Waals surface area (Å²) in [6.45, 7) is 3.28. The summed E-state index contributed by atoms with van der Waals surface area (Å²) in [7, 11) is 0. The molecule has 0 bridgehead atoms. The highest BCUT2D eigenvalue weighted by molar-refractivity contribution is 7.17. The Hall–Kier alpha value is -2.38. The fraction of sp³-hybridized carbons (Fsp3) is 0.333. The number of thiazole rings is 1. The van der Waals surface area contributed by atoms with Crippen LogP contribution < -0.4 is 5.56 Å².